The van der Waals surface area contributed by atoms with E-state index in [2.05, 4.69) is 11.1 Å². The van der Waals surface area contributed by atoms with Crippen LogP contribution in [0.1, 0.15) is 22.3 Å². The van der Waals surface area contributed by atoms with Gasteiger partial charge < -0.3 is 15.0 Å². The summed E-state index contributed by atoms with van der Waals surface area (Å²) in [6, 6.07) is 23.3. The lowest BCUT2D eigenvalue weighted by Crippen LogP contribution is -2.40. The average molecular weight is 368 g/mol. The molecule has 2 heterocycles. The number of carbonyl (C=O) groups is 1. The molecule has 1 aromatic heterocycles. The first-order chi connectivity index (χ1) is 13.6. The van der Waals surface area contributed by atoms with Crippen molar-refractivity contribution < 1.29 is 9.90 Å². The molecule has 138 valence electrons. The van der Waals surface area contributed by atoms with E-state index in [4.69, 9.17) is 0 Å². The molecule has 4 nitrogen and oxygen atoms in total. The minimum Gasteiger partial charge on any atom is -0.372 e. The van der Waals surface area contributed by atoms with Crippen LogP contribution in [0.3, 0.4) is 0 Å². The van der Waals surface area contributed by atoms with E-state index in [0.717, 1.165) is 27.7 Å². The Labute approximate surface area is 163 Å². The second-order valence-electron chi connectivity index (χ2n) is 7.36. The van der Waals surface area contributed by atoms with Crippen LogP contribution in [0, 0.1) is 6.92 Å². The zero-order chi connectivity index (χ0) is 19.3. The van der Waals surface area contributed by atoms with Gasteiger partial charge in [0.25, 0.3) is 5.91 Å². The lowest BCUT2D eigenvalue weighted by molar-refractivity contribution is -0.132. The normalized spacial score (nSPS) is 18.6. The van der Waals surface area contributed by atoms with Gasteiger partial charge in [-0.05, 0) is 24.6 Å². The first-order valence-electron chi connectivity index (χ1n) is 9.35. The smallest absolute Gasteiger partial charge is 0.268 e. The number of fused-ring (bicyclic) bond motifs is 2. The molecule has 0 radical (unpaired) electrons. The molecule has 0 saturated carbocycles. The molecule has 5 rings (SSSR count). The number of aromatic amines is 1. The van der Waals surface area contributed by atoms with Crippen LogP contribution >= 0.6 is 0 Å². The van der Waals surface area contributed by atoms with Crippen LogP contribution in [0.4, 0.5) is 5.69 Å². The standard InChI is InChI=1S/C24H20N2O2/c1-16-7-6-8-17(13-16)15-26-22-12-5-3-10-19(22)24(28,23(26)27)20-14-25-21-11-4-2-9-18(20)21/h2-14,25,28H,15H2,1H3. The fourth-order valence-electron chi connectivity index (χ4n) is 4.22. The van der Waals surface area contributed by atoms with E-state index in [0.29, 0.717) is 17.7 Å². The summed E-state index contributed by atoms with van der Waals surface area (Å²) in [5.74, 6) is -0.319. The van der Waals surface area contributed by atoms with Gasteiger partial charge in [0.15, 0.2) is 5.60 Å². The summed E-state index contributed by atoms with van der Waals surface area (Å²) in [6.45, 7) is 2.45. The second-order valence-corrected chi connectivity index (χ2v) is 7.36. The Balaban J connectivity index is 1.67. The van der Waals surface area contributed by atoms with Crippen molar-refractivity contribution in [1.82, 2.24) is 4.98 Å². The van der Waals surface area contributed by atoms with Crippen LogP contribution in [0.5, 0.6) is 0 Å². The molecule has 1 atom stereocenters. The molecular formula is C24H20N2O2. The van der Waals surface area contributed by atoms with E-state index in [9.17, 15) is 9.90 Å². The van der Waals surface area contributed by atoms with Gasteiger partial charge in [-0.3, -0.25) is 4.79 Å². The Morgan fingerprint density at radius 3 is 2.61 bits per heavy atom. The molecule has 1 aliphatic rings. The van der Waals surface area contributed by atoms with Crippen LogP contribution in [0.15, 0.2) is 79.0 Å². The molecule has 28 heavy (non-hydrogen) atoms. The van der Waals surface area contributed by atoms with E-state index in [-0.39, 0.29) is 5.91 Å². The van der Waals surface area contributed by atoms with Gasteiger partial charge in [-0.15, -0.1) is 0 Å². The van der Waals surface area contributed by atoms with Crippen molar-refractivity contribution >= 4 is 22.5 Å². The van der Waals surface area contributed by atoms with Crippen molar-refractivity contribution in [3.8, 4) is 0 Å². The van der Waals surface area contributed by atoms with Crippen LogP contribution in [-0.4, -0.2) is 16.0 Å². The number of aromatic nitrogens is 1. The van der Waals surface area contributed by atoms with Gasteiger partial charge in [0, 0.05) is 28.2 Å². The lowest BCUT2D eigenvalue weighted by Gasteiger charge is -2.23. The van der Waals surface area contributed by atoms with Gasteiger partial charge in [-0.2, -0.15) is 0 Å². The molecule has 3 aromatic carbocycles. The van der Waals surface area contributed by atoms with Crippen LogP contribution in [0.2, 0.25) is 0 Å². The summed E-state index contributed by atoms with van der Waals surface area (Å²) < 4.78 is 0. The second kappa shape index (κ2) is 6.08. The quantitative estimate of drug-likeness (QED) is 0.568. The highest BCUT2D eigenvalue weighted by molar-refractivity contribution is 6.11. The topological polar surface area (TPSA) is 56.3 Å². The van der Waals surface area contributed by atoms with Crippen molar-refractivity contribution in [3.63, 3.8) is 0 Å². The maximum absolute atomic E-state index is 13.6. The molecule has 0 fully saturated rings. The summed E-state index contributed by atoms with van der Waals surface area (Å²) in [6.07, 6.45) is 1.75. The first-order valence-corrected chi connectivity index (χ1v) is 9.35. The van der Waals surface area contributed by atoms with Crippen LogP contribution < -0.4 is 4.90 Å². The molecule has 1 amide bonds. The number of benzene rings is 3. The number of carbonyl (C=O) groups excluding carboxylic acids is 1. The number of nitrogens with one attached hydrogen (secondary N) is 1. The molecule has 2 N–H and O–H groups in total. The molecule has 4 aromatic rings. The number of hydrogen-bond acceptors (Lipinski definition) is 2. The zero-order valence-corrected chi connectivity index (χ0v) is 15.5. The van der Waals surface area contributed by atoms with Crippen molar-refractivity contribution in [3.05, 3.63) is 101 Å². The maximum Gasteiger partial charge on any atom is 0.268 e. The predicted octanol–water partition coefficient (Wildman–Crippen LogP) is 4.26. The van der Waals surface area contributed by atoms with E-state index in [1.54, 1.807) is 11.1 Å². The molecule has 0 spiro atoms. The Hall–Kier alpha value is -3.37. The molecular weight excluding hydrogens is 348 g/mol. The summed E-state index contributed by atoms with van der Waals surface area (Å²) in [4.78, 5) is 18.4. The summed E-state index contributed by atoms with van der Waals surface area (Å²) in [5, 5.41) is 12.6. The van der Waals surface area contributed by atoms with E-state index in [1.807, 2.05) is 73.7 Å². The lowest BCUT2D eigenvalue weighted by atomic mass is 9.87. The monoisotopic (exact) mass is 368 g/mol. The van der Waals surface area contributed by atoms with E-state index in [1.165, 1.54) is 0 Å². The Bertz CT molecular complexity index is 1210. The highest BCUT2D eigenvalue weighted by Crippen LogP contribution is 2.46. The Morgan fingerprint density at radius 2 is 1.75 bits per heavy atom. The van der Waals surface area contributed by atoms with Gasteiger partial charge in [0.05, 0.1) is 12.2 Å². The van der Waals surface area contributed by atoms with Gasteiger partial charge in [0.2, 0.25) is 0 Å². The number of anilines is 1. The van der Waals surface area contributed by atoms with E-state index < -0.39 is 5.60 Å². The molecule has 0 aliphatic carbocycles. The number of hydrogen-bond donors (Lipinski definition) is 2. The number of H-pyrrole nitrogens is 1. The van der Waals surface area contributed by atoms with Crippen molar-refractivity contribution in [1.29, 1.82) is 0 Å². The number of aliphatic hydroxyl groups is 1. The van der Waals surface area contributed by atoms with Gasteiger partial charge in [-0.1, -0.05) is 66.2 Å². The third kappa shape index (κ3) is 2.31. The maximum atomic E-state index is 13.6. The third-order valence-electron chi connectivity index (χ3n) is 5.54. The largest absolute Gasteiger partial charge is 0.372 e. The average Bonchev–Trinajstić information content (AvgIpc) is 3.23. The Morgan fingerprint density at radius 1 is 0.964 bits per heavy atom. The summed E-state index contributed by atoms with van der Waals surface area (Å²) in [5.41, 5.74) is 3.33. The van der Waals surface area contributed by atoms with Crippen LogP contribution in [0.25, 0.3) is 10.9 Å². The number of para-hydroxylation sites is 2. The number of aryl methyl sites for hydroxylation is 1. The van der Waals surface area contributed by atoms with Crippen molar-refractivity contribution in [2.45, 2.75) is 19.1 Å². The first kappa shape index (κ1) is 16.8. The summed E-state index contributed by atoms with van der Waals surface area (Å²) in [7, 11) is 0. The molecule has 0 bridgehead atoms. The van der Waals surface area contributed by atoms with Gasteiger partial charge >= 0.3 is 0 Å². The molecule has 1 unspecified atom stereocenters. The van der Waals surface area contributed by atoms with Crippen LogP contribution in [-0.2, 0) is 16.9 Å². The fourth-order valence-corrected chi connectivity index (χ4v) is 4.22. The molecule has 0 saturated heterocycles. The highest BCUT2D eigenvalue weighted by atomic mass is 16.3. The Kier molecular flexibility index (Phi) is 3.64. The summed E-state index contributed by atoms with van der Waals surface area (Å²) >= 11 is 0. The fraction of sp³-hybridized carbons (Fsp3) is 0.125. The number of rotatable bonds is 3. The van der Waals surface area contributed by atoms with Crippen molar-refractivity contribution in [2.24, 2.45) is 0 Å². The third-order valence-corrected chi connectivity index (χ3v) is 5.54. The van der Waals surface area contributed by atoms with Crippen molar-refractivity contribution in [2.75, 3.05) is 4.90 Å². The highest BCUT2D eigenvalue weighted by Gasteiger charge is 2.51. The van der Waals surface area contributed by atoms with Gasteiger partial charge in [-0.25, -0.2) is 0 Å². The zero-order valence-electron chi connectivity index (χ0n) is 15.5. The minimum absolute atomic E-state index is 0.319. The SMILES string of the molecule is Cc1cccc(CN2C(=O)C(O)(c3c[nH]c4ccccc34)c3ccccc32)c1. The minimum atomic E-state index is -1.71. The number of amides is 1. The van der Waals surface area contributed by atoms with E-state index >= 15 is 0 Å². The molecule has 4 heteroatoms. The molecule has 1 aliphatic heterocycles. The predicted molar refractivity (Wildman–Crippen MR) is 110 cm³/mol. The van der Waals surface area contributed by atoms with Gasteiger partial charge in [0.1, 0.15) is 0 Å². The number of nitrogens with zero attached hydrogens (tertiary/aromatic N) is 1.